The van der Waals surface area contributed by atoms with Crippen molar-refractivity contribution in [3.05, 3.63) is 29.7 Å². The van der Waals surface area contributed by atoms with Gasteiger partial charge in [0.1, 0.15) is 5.82 Å². The van der Waals surface area contributed by atoms with E-state index in [1.165, 1.54) is 31.4 Å². The van der Waals surface area contributed by atoms with E-state index in [1.807, 2.05) is 12.1 Å². The van der Waals surface area contributed by atoms with Crippen molar-refractivity contribution in [2.45, 2.75) is 38.0 Å². The zero-order valence-corrected chi connectivity index (χ0v) is 9.97. The van der Waals surface area contributed by atoms with Gasteiger partial charge in [-0.15, -0.1) is 10.2 Å². The normalized spacial score (nSPS) is 17.0. The first-order valence-electron chi connectivity index (χ1n) is 6.43. The maximum atomic E-state index is 5.67. The molecule has 0 aliphatic heterocycles. The monoisotopic (exact) mass is 230 g/mol. The molecule has 4 heteroatoms. The SMILES string of the molecule is NCCc1cccc2nnc(C3CCCC3)n12. The predicted molar refractivity (Wildman–Crippen MR) is 67.0 cm³/mol. The van der Waals surface area contributed by atoms with E-state index in [0.717, 1.165) is 17.9 Å². The fraction of sp³-hybridized carbons (Fsp3) is 0.538. The van der Waals surface area contributed by atoms with Crippen molar-refractivity contribution in [3.63, 3.8) is 0 Å². The number of rotatable bonds is 3. The van der Waals surface area contributed by atoms with Crippen LogP contribution in [0.3, 0.4) is 0 Å². The van der Waals surface area contributed by atoms with E-state index < -0.39 is 0 Å². The Balaban J connectivity index is 2.11. The van der Waals surface area contributed by atoms with Gasteiger partial charge in [0.25, 0.3) is 0 Å². The van der Waals surface area contributed by atoms with Crippen molar-refractivity contribution in [2.75, 3.05) is 6.54 Å². The number of nitrogens with zero attached hydrogens (tertiary/aromatic N) is 3. The molecule has 1 aliphatic carbocycles. The minimum Gasteiger partial charge on any atom is -0.330 e. The van der Waals surface area contributed by atoms with Gasteiger partial charge in [-0.05, 0) is 31.5 Å². The van der Waals surface area contributed by atoms with Crippen LogP contribution in [0.5, 0.6) is 0 Å². The van der Waals surface area contributed by atoms with Gasteiger partial charge < -0.3 is 5.73 Å². The fourth-order valence-corrected chi connectivity index (χ4v) is 2.82. The van der Waals surface area contributed by atoms with Gasteiger partial charge in [-0.2, -0.15) is 0 Å². The lowest BCUT2D eigenvalue weighted by Gasteiger charge is -2.10. The molecule has 1 aliphatic rings. The molecule has 1 fully saturated rings. The van der Waals surface area contributed by atoms with Crippen LogP contribution < -0.4 is 5.73 Å². The van der Waals surface area contributed by atoms with Gasteiger partial charge in [0.15, 0.2) is 5.65 Å². The second-order valence-corrected chi connectivity index (χ2v) is 4.79. The minimum atomic E-state index is 0.587. The minimum absolute atomic E-state index is 0.587. The van der Waals surface area contributed by atoms with Crippen LogP contribution >= 0.6 is 0 Å². The van der Waals surface area contributed by atoms with Crippen LogP contribution in [0.4, 0.5) is 0 Å². The molecular formula is C13H18N4. The van der Waals surface area contributed by atoms with Crippen molar-refractivity contribution in [1.82, 2.24) is 14.6 Å². The van der Waals surface area contributed by atoms with Crippen LogP contribution in [-0.4, -0.2) is 21.1 Å². The second kappa shape index (κ2) is 4.45. The molecule has 2 aromatic heterocycles. The van der Waals surface area contributed by atoms with Crippen molar-refractivity contribution < 1.29 is 0 Å². The largest absolute Gasteiger partial charge is 0.330 e. The van der Waals surface area contributed by atoms with Crippen LogP contribution in [0.25, 0.3) is 5.65 Å². The molecule has 0 unspecified atom stereocenters. The average Bonchev–Trinajstić information content (AvgIpc) is 2.98. The number of pyridine rings is 1. The molecule has 17 heavy (non-hydrogen) atoms. The van der Waals surface area contributed by atoms with Crippen molar-refractivity contribution in [1.29, 1.82) is 0 Å². The van der Waals surface area contributed by atoms with Gasteiger partial charge in [-0.1, -0.05) is 18.9 Å². The standard InChI is InChI=1S/C13H18N4/c14-9-8-11-6-3-7-12-15-16-13(17(11)12)10-4-1-2-5-10/h3,6-7,10H,1-2,4-5,8-9,14H2. The molecule has 0 aromatic carbocycles. The van der Waals surface area contributed by atoms with Gasteiger partial charge in [-0.25, -0.2) is 0 Å². The number of hydrogen-bond donors (Lipinski definition) is 1. The number of hydrogen-bond acceptors (Lipinski definition) is 3. The Hall–Kier alpha value is -1.42. The van der Waals surface area contributed by atoms with E-state index in [2.05, 4.69) is 20.7 Å². The van der Waals surface area contributed by atoms with E-state index in [4.69, 9.17) is 5.73 Å². The Labute approximate surface area is 101 Å². The summed E-state index contributed by atoms with van der Waals surface area (Å²) in [5.74, 6) is 1.73. The van der Waals surface area contributed by atoms with Crippen molar-refractivity contribution in [2.24, 2.45) is 5.73 Å². The smallest absolute Gasteiger partial charge is 0.160 e. The molecule has 90 valence electrons. The summed E-state index contributed by atoms with van der Waals surface area (Å²) >= 11 is 0. The molecule has 0 bridgehead atoms. The molecule has 2 heterocycles. The Morgan fingerprint density at radius 1 is 1.24 bits per heavy atom. The first-order valence-corrected chi connectivity index (χ1v) is 6.43. The average molecular weight is 230 g/mol. The fourth-order valence-electron chi connectivity index (χ4n) is 2.82. The lowest BCUT2D eigenvalue weighted by molar-refractivity contribution is 0.651. The Bertz CT molecular complexity index is 511. The topological polar surface area (TPSA) is 56.2 Å². The van der Waals surface area contributed by atoms with Gasteiger partial charge in [-0.3, -0.25) is 4.40 Å². The lowest BCUT2D eigenvalue weighted by Crippen LogP contribution is -2.10. The van der Waals surface area contributed by atoms with Gasteiger partial charge in [0, 0.05) is 18.0 Å². The summed E-state index contributed by atoms with van der Waals surface area (Å²) in [6.45, 7) is 0.668. The molecule has 2 aromatic rings. The summed E-state index contributed by atoms with van der Waals surface area (Å²) in [7, 11) is 0. The lowest BCUT2D eigenvalue weighted by atomic mass is 10.1. The van der Waals surface area contributed by atoms with Crippen LogP contribution in [0.2, 0.25) is 0 Å². The summed E-state index contributed by atoms with van der Waals surface area (Å²) in [4.78, 5) is 0. The molecule has 0 atom stereocenters. The van der Waals surface area contributed by atoms with E-state index in [9.17, 15) is 0 Å². The summed E-state index contributed by atoms with van der Waals surface area (Å²) in [6.07, 6.45) is 6.02. The summed E-state index contributed by atoms with van der Waals surface area (Å²) in [6, 6.07) is 6.18. The second-order valence-electron chi connectivity index (χ2n) is 4.79. The highest BCUT2D eigenvalue weighted by molar-refractivity contribution is 5.40. The quantitative estimate of drug-likeness (QED) is 0.876. The third kappa shape index (κ3) is 1.82. The summed E-state index contributed by atoms with van der Waals surface area (Å²) in [5, 5.41) is 8.67. The van der Waals surface area contributed by atoms with Crippen molar-refractivity contribution >= 4 is 5.65 Å². The van der Waals surface area contributed by atoms with Crippen LogP contribution in [0.1, 0.15) is 43.1 Å². The molecule has 4 nitrogen and oxygen atoms in total. The molecule has 0 amide bonds. The van der Waals surface area contributed by atoms with Gasteiger partial charge >= 0.3 is 0 Å². The maximum Gasteiger partial charge on any atom is 0.160 e. The molecule has 0 saturated heterocycles. The number of aromatic nitrogens is 3. The Morgan fingerprint density at radius 2 is 2.06 bits per heavy atom. The predicted octanol–water partition coefficient (Wildman–Crippen LogP) is 1.89. The number of fused-ring (bicyclic) bond motifs is 1. The highest BCUT2D eigenvalue weighted by Crippen LogP contribution is 2.33. The van der Waals surface area contributed by atoms with E-state index in [0.29, 0.717) is 12.5 Å². The van der Waals surface area contributed by atoms with Crippen LogP contribution in [0.15, 0.2) is 18.2 Å². The highest BCUT2D eigenvalue weighted by Gasteiger charge is 2.22. The highest BCUT2D eigenvalue weighted by atomic mass is 15.3. The molecule has 0 spiro atoms. The Morgan fingerprint density at radius 3 is 2.82 bits per heavy atom. The van der Waals surface area contributed by atoms with Gasteiger partial charge in [0.05, 0.1) is 0 Å². The third-order valence-corrected chi connectivity index (χ3v) is 3.66. The number of nitrogens with two attached hydrogens (primary N) is 1. The third-order valence-electron chi connectivity index (χ3n) is 3.66. The Kier molecular flexibility index (Phi) is 2.81. The molecule has 0 radical (unpaired) electrons. The van der Waals surface area contributed by atoms with Gasteiger partial charge in [0.2, 0.25) is 0 Å². The summed E-state index contributed by atoms with van der Waals surface area (Å²) in [5.41, 5.74) is 7.86. The van der Waals surface area contributed by atoms with E-state index in [-0.39, 0.29) is 0 Å². The zero-order valence-electron chi connectivity index (χ0n) is 9.97. The molecule has 2 N–H and O–H groups in total. The molecule has 3 rings (SSSR count). The van der Waals surface area contributed by atoms with E-state index >= 15 is 0 Å². The molecule has 1 saturated carbocycles. The molecular weight excluding hydrogens is 212 g/mol. The summed E-state index contributed by atoms with van der Waals surface area (Å²) < 4.78 is 2.21. The zero-order chi connectivity index (χ0) is 11.7. The van der Waals surface area contributed by atoms with Crippen LogP contribution in [0, 0.1) is 0 Å². The maximum absolute atomic E-state index is 5.67. The van der Waals surface area contributed by atoms with Crippen LogP contribution in [-0.2, 0) is 6.42 Å². The first kappa shape index (κ1) is 10.7. The first-order chi connectivity index (χ1) is 8.40. The van der Waals surface area contributed by atoms with E-state index in [1.54, 1.807) is 0 Å². The van der Waals surface area contributed by atoms with Crippen molar-refractivity contribution in [3.8, 4) is 0 Å².